The van der Waals surface area contributed by atoms with Gasteiger partial charge in [-0.25, -0.2) is 9.97 Å². The summed E-state index contributed by atoms with van der Waals surface area (Å²) >= 11 is 1.60. The van der Waals surface area contributed by atoms with Crippen molar-refractivity contribution in [2.75, 3.05) is 11.1 Å². The number of nitro groups is 1. The Bertz CT molecular complexity index is 588. The third kappa shape index (κ3) is 3.02. The number of thiophene rings is 1. The third-order valence-corrected chi connectivity index (χ3v) is 3.79. The fourth-order valence-electron chi connectivity index (χ4n) is 1.91. The van der Waals surface area contributed by atoms with Crippen LogP contribution in [0.1, 0.15) is 30.7 Å². The second-order valence-electron chi connectivity index (χ2n) is 4.21. The summed E-state index contributed by atoms with van der Waals surface area (Å²) in [7, 11) is 0. The zero-order valence-electron chi connectivity index (χ0n) is 10.9. The highest BCUT2D eigenvalue weighted by atomic mass is 32.1. The van der Waals surface area contributed by atoms with E-state index in [2.05, 4.69) is 22.2 Å². The first-order chi connectivity index (χ1) is 9.63. The zero-order chi connectivity index (χ0) is 14.5. The normalized spacial score (nSPS) is 12.1. The van der Waals surface area contributed by atoms with Crippen LogP contribution in [0.3, 0.4) is 0 Å². The molecule has 2 aromatic heterocycles. The van der Waals surface area contributed by atoms with Gasteiger partial charge in [0.15, 0.2) is 0 Å². The molecule has 0 aliphatic rings. The predicted molar refractivity (Wildman–Crippen MR) is 78.7 cm³/mol. The van der Waals surface area contributed by atoms with Crippen LogP contribution in [0.5, 0.6) is 0 Å². The Hall–Kier alpha value is -2.22. The first-order valence-electron chi connectivity index (χ1n) is 6.18. The summed E-state index contributed by atoms with van der Waals surface area (Å²) in [6.45, 7) is 2.06. The van der Waals surface area contributed by atoms with Gasteiger partial charge in [0.1, 0.15) is 6.33 Å². The number of aromatic nitrogens is 2. The van der Waals surface area contributed by atoms with E-state index >= 15 is 0 Å². The van der Waals surface area contributed by atoms with E-state index in [-0.39, 0.29) is 23.4 Å². The number of nitrogens with one attached hydrogen (secondary N) is 1. The van der Waals surface area contributed by atoms with Crippen molar-refractivity contribution < 1.29 is 4.92 Å². The Morgan fingerprint density at radius 1 is 1.55 bits per heavy atom. The molecule has 8 heteroatoms. The molecule has 0 aliphatic heterocycles. The lowest BCUT2D eigenvalue weighted by atomic mass is 10.1. The lowest BCUT2D eigenvalue weighted by Gasteiger charge is -2.17. The van der Waals surface area contributed by atoms with Crippen LogP contribution in [0, 0.1) is 10.1 Å². The molecule has 20 heavy (non-hydrogen) atoms. The van der Waals surface area contributed by atoms with Gasteiger partial charge in [0, 0.05) is 4.88 Å². The second-order valence-corrected chi connectivity index (χ2v) is 5.19. The quantitative estimate of drug-likeness (QED) is 0.626. The predicted octanol–water partition coefficient (Wildman–Crippen LogP) is 2.98. The van der Waals surface area contributed by atoms with Crippen LogP contribution in [-0.4, -0.2) is 14.9 Å². The number of anilines is 2. The van der Waals surface area contributed by atoms with Gasteiger partial charge in [-0.05, 0) is 17.9 Å². The molecule has 0 amide bonds. The van der Waals surface area contributed by atoms with Gasteiger partial charge in [-0.15, -0.1) is 11.3 Å². The van der Waals surface area contributed by atoms with Crippen molar-refractivity contribution in [2.24, 2.45) is 0 Å². The summed E-state index contributed by atoms with van der Waals surface area (Å²) in [6.07, 6.45) is 3.02. The number of nitrogens with zero attached hydrogens (tertiary/aromatic N) is 3. The molecule has 0 bridgehead atoms. The first-order valence-corrected chi connectivity index (χ1v) is 7.06. The van der Waals surface area contributed by atoms with E-state index in [1.165, 1.54) is 6.33 Å². The molecule has 3 N–H and O–H groups in total. The maximum Gasteiger partial charge on any atom is 0.353 e. The molecule has 7 nitrogen and oxygen atoms in total. The number of nitrogen functional groups attached to an aromatic ring is 1. The van der Waals surface area contributed by atoms with Crippen LogP contribution in [0.4, 0.5) is 17.3 Å². The molecule has 0 fully saturated rings. The molecular weight excluding hydrogens is 278 g/mol. The summed E-state index contributed by atoms with van der Waals surface area (Å²) in [5.74, 6) is 0.0308. The highest BCUT2D eigenvalue weighted by Gasteiger charge is 2.23. The molecule has 0 spiro atoms. The van der Waals surface area contributed by atoms with Gasteiger partial charge in [0.25, 0.3) is 0 Å². The van der Waals surface area contributed by atoms with Gasteiger partial charge in [-0.1, -0.05) is 19.4 Å². The highest BCUT2D eigenvalue weighted by molar-refractivity contribution is 7.10. The smallest absolute Gasteiger partial charge is 0.353 e. The molecular formula is C12H15N5O2S. The van der Waals surface area contributed by atoms with Gasteiger partial charge in [-0.2, -0.15) is 0 Å². The molecule has 1 unspecified atom stereocenters. The molecule has 0 saturated carbocycles. The van der Waals surface area contributed by atoms with Crippen LogP contribution >= 0.6 is 11.3 Å². The molecule has 0 aliphatic carbocycles. The Labute approximate surface area is 120 Å². The second kappa shape index (κ2) is 6.29. The topological polar surface area (TPSA) is 107 Å². The minimum atomic E-state index is -0.560. The summed E-state index contributed by atoms with van der Waals surface area (Å²) in [5.41, 5.74) is 5.29. The van der Waals surface area contributed by atoms with Crippen LogP contribution in [0.15, 0.2) is 23.8 Å². The van der Waals surface area contributed by atoms with Crippen molar-refractivity contribution >= 4 is 28.7 Å². The van der Waals surface area contributed by atoms with Crippen molar-refractivity contribution in [3.8, 4) is 0 Å². The molecule has 106 valence electrons. The highest BCUT2D eigenvalue weighted by Crippen LogP contribution is 2.32. The molecule has 2 aromatic rings. The third-order valence-electron chi connectivity index (χ3n) is 2.81. The van der Waals surface area contributed by atoms with Gasteiger partial charge in [-0.3, -0.25) is 10.1 Å². The number of hydrogen-bond acceptors (Lipinski definition) is 7. The van der Waals surface area contributed by atoms with E-state index in [1.807, 2.05) is 17.5 Å². The van der Waals surface area contributed by atoms with E-state index < -0.39 is 4.92 Å². The van der Waals surface area contributed by atoms with Crippen LogP contribution in [0.2, 0.25) is 0 Å². The van der Waals surface area contributed by atoms with Crippen molar-refractivity contribution in [3.05, 3.63) is 38.8 Å². The molecule has 0 radical (unpaired) electrons. The summed E-state index contributed by atoms with van der Waals surface area (Å²) in [5, 5.41) is 16.2. The van der Waals surface area contributed by atoms with Crippen molar-refractivity contribution in [3.63, 3.8) is 0 Å². The minimum absolute atomic E-state index is 0.0204. The maximum atomic E-state index is 11.1. The first kappa shape index (κ1) is 14.2. The Morgan fingerprint density at radius 2 is 2.35 bits per heavy atom. The summed E-state index contributed by atoms with van der Waals surface area (Å²) in [4.78, 5) is 19.2. The largest absolute Gasteiger partial charge is 0.378 e. The lowest BCUT2D eigenvalue weighted by Crippen LogP contribution is -2.13. The zero-order valence-corrected chi connectivity index (χ0v) is 11.8. The monoisotopic (exact) mass is 293 g/mol. The van der Waals surface area contributed by atoms with E-state index in [0.29, 0.717) is 0 Å². The average Bonchev–Trinajstić information content (AvgIpc) is 2.91. The van der Waals surface area contributed by atoms with Gasteiger partial charge < -0.3 is 11.1 Å². The Kier molecular flexibility index (Phi) is 4.46. The molecule has 0 saturated heterocycles. The summed E-state index contributed by atoms with van der Waals surface area (Å²) in [6, 6.07) is 3.93. The molecule has 0 aromatic carbocycles. The molecule has 1 atom stereocenters. The van der Waals surface area contributed by atoms with Gasteiger partial charge in [0.05, 0.1) is 11.0 Å². The lowest BCUT2D eigenvalue weighted by molar-refractivity contribution is -0.383. The maximum absolute atomic E-state index is 11.1. The standard InChI is InChI=1S/C12H15N5O2S/c1-2-4-8(9-5-3-6-20-9)16-12-10(17(18)19)11(13)14-7-15-12/h3,5-8H,2,4H2,1H3,(H3,13,14,15,16). The van der Waals surface area contributed by atoms with E-state index in [4.69, 9.17) is 5.73 Å². The fourth-order valence-corrected chi connectivity index (χ4v) is 2.72. The average molecular weight is 293 g/mol. The Morgan fingerprint density at radius 3 is 2.95 bits per heavy atom. The number of hydrogen-bond donors (Lipinski definition) is 2. The van der Waals surface area contributed by atoms with Crippen LogP contribution in [-0.2, 0) is 0 Å². The summed E-state index contributed by atoms with van der Waals surface area (Å²) < 4.78 is 0. The van der Waals surface area contributed by atoms with Crippen molar-refractivity contribution in [1.29, 1.82) is 0 Å². The van der Waals surface area contributed by atoms with Crippen LogP contribution in [0.25, 0.3) is 0 Å². The van der Waals surface area contributed by atoms with E-state index in [1.54, 1.807) is 11.3 Å². The van der Waals surface area contributed by atoms with E-state index in [0.717, 1.165) is 17.7 Å². The fraction of sp³-hybridized carbons (Fsp3) is 0.333. The molecule has 2 heterocycles. The number of nitrogens with two attached hydrogens (primary N) is 1. The Balaban J connectivity index is 2.32. The molecule has 2 rings (SSSR count). The number of rotatable bonds is 6. The van der Waals surface area contributed by atoms with E-state index in [9.17, 15) is 10.1 Å². The van der Waals surface area contributed by atoms with Crippen molar-refractivity contribution in [2.45, 2.75) is 25.8 Å². The van der Waals surface area contributed by atoms with Gasteiger partial charge in [0.2, 0.25) is 11.6 Å². The minimum Gasteiger partial charge on any atom is -0.378 e. The van der Waals surface area contributed by atoms with Gasteiger partial charge >= 0.3 is 5.69 Å². The SMILES string of the molecule is CCCC(Nc1ncnc(N)c1[N+](=O)[O-])c1cccs1. The van der Waals surface area contributed by atoms with Crippen molar-refractivity contribution in [1.82, 2.24) is 9.97 Å². The van der Waals surface area contributed by atoms with Crippen LogP contribution < -0.4 is 11.1 Å².